The first-order valence-corrected chi connectivity index (χ1v) is 4.00. The van der Waals surface area contributed by atoms with Crippen molar-refractivity contribution in [2.75, 3.05) is 7.11 Å². The second-order valence-electron chi connectivity index (χ2n) is 3.45. The van der Waals surface area contributed by atoms with E-state index in [1.165, 1.54) is 7.11 Å². The summed E-state index contributed by atoms with van der Waals surface area (Å²) in [6.07, 6.45) is 0. The molecule has 0 atom stereocenters. The molecule has 0 aliphatic rings. The van der Waals surface area contributed by atoms with Crippen molar-refractivity contribution in [1.29, 1.82) is 0 Å². The van der Waals surface area contributed by atoms with E-state index in [1.54, 1.807) is 26.8 Å². The fourth-order valence-electron chi connectivity index (χ4n) is 1.01. The van der Waals surface area contributed by atoms with Gasteiger partial charge in [0.25, 0.3) is 0 Å². The molecule has 1 aromatic rings. The minimum absolute atomic E-state index is 0.330. The molecule has 0 unspecified atom stereocenters. The number of carbonyl (C=O) groups excluding carboxylic acids is 1. The Bertz CT molecular complexity index is 314. The molecule has 0 saturated carbocycles. The predicted octanol–water partition coefficient (Wildman–Crippen LogP) is 1.43. The lowest BCUT2D eigenvalue weighted by molar-refractivity contribution is -0.146. The van der Waals surface area contributed by atoms with Crippen LogP contribution < -0.4 is 0 Å². The highest BCUT2D eigenvalue weighted by molar-refractivity contribution is 5.81. The van der Waals surface area contributed by atoms with Gasteiger partial charge in [0.05, 0.1) is 12.8 Å². The standard InChI is InChI=1S/C9H13NO3/c1-6-5-7(13-10-6)9(2,3)8(11)12-4/h5H,1-4H3. The summed E-state index contributed by atoms with van der Waals surface area (Å²) in [7, 11) is 1.35. The Kier molecular flexibility index (Phi) is 2.40. The van der Waals surface area contributed by atoms with Crippen LogP contribution >= 0.6 is 0 Å². The van der Waals surface area contributed by atoms with Gasteiger partial charge < -0.3 is 9.26 Å². The summed E-state index contributed by atoms with van der Waals surface area (Å²) in [5.74, 6) is 0.195. The molecule has 1 rings (SSSR count). The lowest BCUT2D eigenvalue weighted by atomic mass is 9.90. The first kappa shape index (κ1) is 9.77. The maximum Gasteiger partial charge on any atom is 0.319 e. The van der Waals surface area contributed by atoms with E-state index < -0.39 is 5.41 Å². The number of rotatable bonds is 2. The summed E-state index contributed by atoms with van der Waals surface area (Å²) in [6.45, 7) is 5.28. The molecule has 0 aliphatic carbocycles. The van der Waals surface area contributed by atoms with Crippen LogP contribution in [0.1, 0.15) is 25.3 Å². The quantitative estimate of drug-likeness (QED) is 0.651. The molecule has 0 spiro atoms. The van der Waals surface area contributed by atoms with Gasteiger partial charge >= 0.3 is 5.97 Å². The van der Waals surface area contributed by atoms with Crippen LogP contribution in [0.5, 0.6) is 0 Å². The molecule has 0 bridgehead atoms. The Balaban J connectivity index is 2.99. The van der Waals surface area contributed by atoms with Gasteiger partial charge in [0.1, 0.15) is 5.41 Å². The summed E-state index contributed by atoms with van der Waals surface area (Å²) in [5.41, 5.74) is -0.0114. The Morgan fingerprint density at radius 3 is 2.62 bits per heavy atom. The van der Waals surface area contributed by atoms with E-state index in [4.69, 9.17) is 4.52 Å². The molecule has 1 heterocycles. The van der Waals surface area contributed by atoms with E-state index >= 15 is 0 Å². The monoisotopic (exact) mass is 183 g/mol. The Hall–Kier alpha value is -1.32. The molecule has 4 heteroatoms. The number of ether oxygens (including phenoxy) is 1. The third-order valence-electron chi connectivity index (χ3n) is 1.94. The van der Waals surface area contributed by atoms with Crippen molar-refractivity contribution in [3.8, 4) is 0 Å². The van der Waals surface area contributed by atoms with Gasteiger partial charge in [0.2, 0.25) is 0 Å². The Labute approximate surface area is 76.9 Å². The zero-order valence-corrected chi connectivity index (χ0v) is 8.25. The van der Waals surface area contributed by atoms with Gasteiger partial charge in [0.15, 0.2) is 5.76 Å². The second-order valence-corrected chi connectivity index (χ2v) is 3.45. The van der Waals surface area contributed by atoms with Crippen LogP contribution in [0.25, 0.3) is 0 Å². The molecule has 0 aromatic carbocycles. The van der Waals surface area contributed by atoms with Crippen LogP contribution in [0.15, 0.2) is 10.6 Å². The highest BCUT2D eigenvalue weighted by Crippen LogP contribution is 2.24. The maximum atomic E-state index is 11.3. The molecule has 72 valence electrons. The van der Waals surface area contributed by atoms with Crippen LogP contribution in [0.3, 0.4) is 0 Å². The summed E-state index contributed by atoms with van der Waals surface area (Å²) in [6, 6.07) is 1.73. The van der Waals surface area contributed by atoms with Crippen molar-refractivity contribution in [2.24, 2.45) is 0 Å². The molecule has 0 fully saturated rings. The Morgan fingerprint density at radius 1 is 1.62 bits per heavy atom. The minimum atomic E-state index is -0.768. The fourth-order valence-corrected chi connectivity index (χ4v) is 1.01. The SMILES string of the molecule is COC(=O)C(C)(C)c1cc(C)no1. The molecule has 4 nitrogen and oxygen atoms in total. The van der Waals surface area contributed by atoms with E-state index in [-0.39, 0.29) is 5.97 Å². The molecule has 0 radical (unpaired) electrons. The lowest BCUT2D eigenvalue weighted by Crippen LogP contribution is -2.29. The van der Waals surface area contributed by atoms with Gasteiger partial charge in [-0.1, -0.05) is 5.16 Å². The highest BCUT2D eigenvalue weighted by atomic mass is 16.5. The molecule has 0 amide bonds. The number of hydrogen-bond acceptors (Lipinski definition) is 4. The fraction of sp³-hybridized carbons (Fsp3) is 0.556. The second kappa shape index (κ2) is 3.20. The molecule has 13 heavy (non-hydrogen) atoms. The molecular weight excluding hydrogens is 170 g/mol. The molecule has 0 saturated heterocycles. The summed E-state index contributed by atoms with van der Waals surface area (Å²) in [4.78, 5) is 11.3. The van der Waals surface area contributed by atoms with Gasteiger partial charge in [-0.05, 0) is 20.8 Å². The van der Waals surface area contributed by atoms with Crippen molar-refractivity contribution in [3.05, 3.63) is 17.5 Å². The van der Waals surface area contributed by atoms with Crippen molar-refractivity contribution < 1.29 is 14.1 Å². The average molecular weight is 183 g/mol. The minimum Gasteiger partial charge on any atom is -0.468 e. The third-order valence-corrected chi connectivity index (χ3v) is 1.94. The molecular formula is C9H13NO3. The van der Waals surface area contributed by atoms with E-state index in [9.17, 15) is 4.79 Å². The normalized spacial score (nSPS) is 11.4. The zero-order valence-electron chi connectivity index (χ0n) is 8.25. The largest absolute Gasteiger partial charge is 0.468 e. The highest BCUT2D eigenvalue weighted by Gasteiger charge is 2.34. The van der Waals surface area contributed by atoms with Crippen molar-refractivity contribution in [3.63, 3.8) is 0 Å². The summed E-state index contributed by atoms with van der Waals surface area (Å²) in [5, 5.41) is 3.72. The third kappa shape index (κ3) is 1.71. The van der Waals surface area contributed by atoms with Gasteiger partial charge in [-0.3, -0.25) is 4.79 Å². The van der Waals surface area contributed by atoms with Gasteiger partial charge in [0, 0.05) is 6.07 Å². The van der Waals surface area contributed by atoms with Crippen LogP contribution in [0.4, 0.5) is 0 Å². The average Bonchev–Trinajstić information content (AvgIpc) is 2.50. The number of esters is 1. The van der Waals surface area contributed by atoms with E-state index in [0.717, 1.165) is 5.69 Å². The molecule has 1 aromatic heterocycles. The number of hydrogen-bond donors (Lipinski definition) is 0. The van der Waals surface area contributed by atoms with Crippen molar-refractivity contribution in [2.45, 2.75) is 26.2 Å². The zero-order chi connectivity index (χ0) is 10.1. The number of carbonyl (C=O) groups is 1. The van der Waals surface area contributed by atoms with E-state index in [2.05, 4.69) is 9.89 Å². The summed E-state index contributed by atoms with van der Waals surface area (Å²) >= 11 is 0. The van der Waals surface area contributed by atoms with Gasteiger partial charge in [-0.2, -0.15) is 0 Å². The van der Waals surface area contributed by atoms with Crippen LogP contribution in [0.2, 0.25) is 0 Å². The molecule has 0 N–H and O–H groups in total. The number of nitrogens with zero attached hydrogens (tertiary/aromatic N) is 1. The van der Waals surface area contributed by atoms with Crippen LogP contribution in [0, 0.1) is 6.92 Å². The van der Waals surface area contributed by atoms with E-state index in [1.807, 2.05) is 0 Å². The first-order valence-electron chi connectivity index (χ1n) is 4.00. The van der Waals surface area contributed by atoms with Crippen molar-refractivity contribution >= 4 is 5.97 Å². The van der Waals surface area contributed by atoms with Gasteiger partial charge in [-0.15, -0.1) is 0 Å². The van der Waals surface area contributed by atoms with Crippen LogP contribution in [-0.2, 0) is 14.9 Å². The lowest BCUT2D eigenvalue weighted by Gasteiger charge is -2.16. The maximum absolute atomic E-state index is 11.3. The topological polar surface area (TPSA) is 52.3 Å². The first-order chi connectivity index (χ1) is 5.98. The summed E-state index contributed by atoms with van der Waals surface area (Å²) < 4.78 is 9.65. The smallest absolute Gasteiger partial charge is 0.319 e. The number of methoxy groups -OCH3 is 1. The number of aromatic nitrogens is 1. The molecule has 0 aliphatic heterocycles. The predicted molar refractivity (Wildman–Crippen MR) is 46.3 cm³/mol. The number of aryl methyl sites for hydroxylation is 1. The van der Waals surface area contributed by atoms with Crippen LogP contribution in [-0.4, -0.2) is 18.2 Å². The van der Waals surface area contributed by atoms with Gasteiger partial charge in [-0.25, -0.2) is 0 Å². The van der Waals surface area contributed by atoms with Crippen molar-refractivity contribution in [1.82, 2.24) is 5.16 Å². The Morgan fingerprint density at radius 2 is 2.23 bits per heavy atom. The van der Waals surface area contributed by atoms with E-state index in [0.29, 0.717) is 5.76 Å².